The van der Waals surface area contributed by atoms with Crippen molar-refractivity contribution in [2.45, 2.75) is 31.9 Å². The van der Waals surface area contributed by atoms with E-state index >= 15 is 0 Å². The van der Waals surface area contributed by atoms with E-state index in [0.29, 0.717) is 6.04 Å². The Morgan fingerprint density at radius 3 is 2.84 bits per heavy atom. The molecule has 0 atom stereocenters. The largest absolute Gasteiger partial charge is 0.483 e. The summed E-state index contributed by atoms with van der Waals surface area (Å²) in [5.74, 6) is -0.559. The third kappa shape index (κ3) is 3.22. The van der Waals surface area contributed by atoms with E-state index in [9.17, 15) is 14.5 Å². The van der Waals surface area contributed by atoms with Crippen LogP contribution < -0.4 is 10.1 Å². The van der Waals surface area contributed by atoms with Crippen LogP contribution in [-0.2, 0) is 0 Å². The van der Waals surface area contributed by atoms with Crippen LogP contribution in [0.4, 0.5) is 10.1 Å². The molecule has 1 saturated carbocycles. The number of benzene rings is 1. The van der Waals surface area contributed by atoms with Crippen LogP contribution in [0, 0.1) is 15.9 Å². The number of halogens is 2. The third-order valence-electron chi connectivity index (χ3n) is 3.06. The summed E-state index contributed by atoms with van der Waals surface area (Å²) in [7, 11) is 0. The second kappa shape index (κ2) is 5.83. The fraction of sp³-hybridized carbons (Fsp3) is 0.500. The van der Waals surface area contributed by atoms with Gasteiger partial charge in [-0.25, -0.2) is 4.39 Å². The summed E-state index contributed by atoms with van der Waals surface area (Å²) in [4.78, 5) is 10.3. The molecule has 0 amide bonds. The van der Waals surface area contributed by atoms with Gasteiger partial charge in [0.1, 0.15) is 11.9 Å². The molecule has 0 radical (unpaired) electrons. The van der Waals surface area contributed by atoms with Gasteiger partial charge in [0.2, 0.25) is 5.75 Å². The zero-order valence-electron chi connectivity index (χ0n) is 10.4. The third-order valence-corrected chi connectivity index (χ3v) is 3.65. The van der Waals surface area contributed by atoms with E-state index in [0.717, 1.165) is 25.5 Å². The number of hydrogen-bond acceptors (Lipinski definition) is 4. The fourth-order valence-electron chi connectivity index (χ4n) is 2.08. The van der Waals surface area contributed by atoms with E-state index in [4.69, 9.17) is 4.74 Å². The maximum absolute atomic E-state index is 13.2. The summed E-state index contributed by atoms with van der Waals surface area (Å²) in [5.41, 5.74) is -0.348. The van der Waals surface area contributed by atoms with Gasteiger partial charge < -0.3 is 10.1 Å². The van der Waals surface area contributed by atoms with E-state index in [1.807, 2.05) is 6.92 Å². The van der Waals surface area contributed by atoms with Crippen molar-refractivity contribution < 1.29 is 14.1 Å². The summed E-state index contributed by atoms with van der Waals surface area (Å²) in [6, 6.07) is 2.44. The number of nitro groups is 1. The molecule has 1 fully saturated rings. The molecule has 0 unspecified atom stereocenters. The highest BCUT2D eigenvalue weighted by Crippen LogP contribution is 2.39. The minimum Gasteiger partial charge on any atom is -0.483 e. The van der Waals surface area contributed by atoms with Crippen LogP contribution in [0.25, 0.3) is 0 Å². The first-order valence-electron chi connectivity index (χ1n) is 6.04. The highest BCUT2D eigenvalue weighted by molar-refractivity contribution is 9.10. The lowest BCUT2D eigenvalue weighted by atomic mass is 9.89. The Kier molecular flexibility index (Phi) is 4.36. The molecule has 1 aromatic carbocycles. The van der Waals surface area contributed by atoms with Crippen LogP contribution in [0.15, 0.2) is 16.6 Å². The smallest absolute Gasteiger partial charge is 0.315 e. The first-order chi connectivity index (χ1) is 9.01. The minimum absolute atomic E-state index is 0.0653. The number of nitro benzene ring substituents is 1. The average molecular weight is 333 g/mol. The first-order valence-corrected chi connectivity index (χ1v) is 6.84. The van der Waals surface area contributed by atoms with Crippen LogP contribution in [0.5, 0.6) is 5.75 Å². The molecule has 7 heteroatoms. The van der Waals surface area contributed by atoms with Gasteiger partial charge in [0.25, 0.3) is 0 Å². The second-order valence-electron chi connectivity index (χ2n) is 4.46. The van der Waals surface area contributed by atoms with Crippen molar-refractivity contribution in [2.75, 3.05) is 6.54 Å². The predicted molar refractivity (Wildman–Crippen MR) is 71.9 cm³/mol. The second-order valence-corrected chi connectivity index (χ2v) is 5.31. The maximum Gasteiger partial charge on any atom is 0.315 e. The van der Waals surface area contributed by atoms with Gasteiger partial charge in [-0.15, -0.1) is 0 Å². The van der Waals surface area contributed by atoms with Gasteiger partial charge in [-0.3, -0.25) is 10.1 Å². The lowest BCUT2D eigenvalue weighted by Crippen LogP contribution is -2.46. The average Bonchev–Trinajstić information content (AvgIpc) is 2.28. The number of ether oxygens (including phenoxy) is 1. The molecule has 0 aromatic heterocycles. The van der Waals surface area contributed by atoms with Gasteiger partial charge >= 0.3 is 5.69 Å². The van der Waals surface area contributed by atoms with E-state index < -0.39 is 10.7 Å². The Balaban J connectivity index is 2.10. The van der Waals surface area contributed by atoms with Crippen molar-refractivity contribution in [3.63, 3.8) is 0 Å². The molecular weight excluding hydrogens is 319 g/mol. The topological polar surface area (TPSA) is 64.4 Å². The quantitative estimate of drug-likeness (QED) is 0.665. The maximum atomic E-state index is 13.2. The molecule has 0 bridgehead atoms. The summed E-state index contributed by atoms with van der Waals surface area (Å²) in [5, 5.41) is 14.2. The van der Waals surface area contributed by atoms with Gasteiger partial charge in [-0.2, -0.15) is 0 Å². The fourth-order valence-corrected chi connectivity index (χ4v) is 2.60. The molecule has 0 heterocycles. The SMILES string of the molecule is CCNC1CC(Oc2c(Br)cc(F)cc2[N+](=O)[O-])C1. The Morgan fingerprint density at radius 1 is 1.58 bits per heavy atom. The standard InChI is InChI=1S/C12H14BrFN2O3/c1-2-15-8-5-9(6-8)19-12-10(13)3-7(14)4-11(12)16(17)18/h3-4,8-9,15H,2,5-6H2,1H3. The minimum atomic E-state index is -0.662. The van der Waals surface area contributed by atoms with Crippen molar-refractivity contribution in [1.82, 2.24) is 5.32 Å². The van der Waals surface area contributed by atoms with Gasteiger partial charge in [-0.1, -0.05) is 6.92 Å². The lowest BCUT2D eigenvalue weighted by molar-refractivity contribution is -0.386. The molecule has 19 heavy (non-hydrogen) atoms. The van der Waals surface area contributed by atoms with Crippen molar-refractivity contribution in [1.29, 1.82) is 0 Å². The Hall–Kier alpha value is -1.21. The zero-order chi connectivity index (χ0) is 14.0. The zero-order valence-corrected chi connectivity index (χ0v) is 11.9. The summed E-state index contributed by atoms with van der Waals surface area (Å²) >= 11 is 3.11. The first kappa shape index (κ1) is 14.2. The molecule has 0 aliphatic heterocycles. The summed E-state index contributed by atoms with van der Waals surface area (Å²) in [6.07, 6.45) is 1.54. The molecule has 2 rings (SSSR count). The van der Waals surface area contributed by atoms with Crippen LogP contribution in [0.2, 0.25) is 0 Å². The highest BCUT2D eigenvalue weighted by Gasteiger charge is 2.33. The van der Waals surface area contributed by atoms with Gasteiger partial charge in [-0.05, 0) is 41.4 Å². The molecule has 1 aliphatic rings. The highest BCUT2D eigenvalue weighted by atomic mass is 79.9. The van der Waals surface area contributed by atoms with Crippen molar-refractivity contribution in [3.05, 3.63) is 32.5 Å². The molecule has 1 aliphatic carbocycles. The van der Waals surface area contributed by atoms with Crippen molar-refractivity contribution in [3.8, 4) is 5.75 Å². The van der Waals surface area contributed by atoms with E-state index in [-0.39, 0.29) is 22.0 Å². The molecule has 0 saturated heterocycles. The summed E-state index contributed by atoms with van der Waals surface area (Å²) in [6.45, 7) is 2.91. The molecule has 0 spiro atoms. The number of nitrogens with zero attached hydrogens (tertiary/aromatic N) is 1. The monoisotopic (exact) mass is 332 g/mol. The lowest BCUT2D eigenvalue weighted by Gasteiger charge is -2.35. The Labute approximate surface area is 118 Å². The van der Waals surface area contributed by atoms with Crippen molar-refractivity contribution >= 4 is 21.6 Å². The van der Waals surface area contributed by atoms with Crippen LogP contribution in [0.1, 0.15) is 19.8 Å². The Bertz CT molecular complexity index is 492. The molecule has 5 nitrogen and oxygen atoms in total. The molecule has 104 valence electrons. The Morgan fingerprint density at radius 2 is 2.26 bits per heavy atom. The molecule has 1 N–H and O–H groups in total. The molecule has 1 aromatic rings. The van der Waals surface area contributed by atoms with E-state index in [1.54, 1.807) is 0 Å². The summed E-state index contributed by atoms with van der Waals surface area (Å²) < 4.78 is 19.0. The van der Waals surface area contributed by atoms with Gasteiger partial charge in [0.15, 0.2) is 0 Å². The number of nitrogens with one attached hydrogen (secondary N) is 1. The van der Waals surface area contributed by atoms with Crippen LogP contribution >= 0.6 is 15.9 Å². The van der Waals surface area contributed by atoms with Crippen molar-refractivity contribution in [2.24, 2.45) is 0 Å². The predicted octanol–water partition coefficient (Wildman–Crippen LogP) is 3.02. The van der Waals surface area contributed by atoms with Crippen LogP contribution in [0.3, 0.4) is 0 Å². The molecular formula is C12H14BrFN2O3. The van der Waals surface area contributed by atoms with Crippen LogP contribution in [-0.4, -0.2) is 23.6 Å². The van der Waals surface area contributed by atoms with E-state index in [1.165, 1.54) is 6.07 Å². The van der Waals surface area contributed by atoms with E-state index in [2.05, 4.69) is 21.2 Å². The number of rotatable bonds is 5. The van der Waals surface area contributed by atoms with Gasteiger partial charge in [0.05, 0.1) is 15.5 Å². The number of hydrogen-bond donors (Lipinski definition) is 1. The van der Waals surface area contributed by atoms with Gasteiger partial charge in [0, 0.05) is 6.04 Å². The normalized spacial score (nSPS) is 21.8.